The van der Waals surface area contributed by atoms with Crippen LogP contribution in [0.5, 0.6) is 0 Å². The van der Waals surface area contributed by atoms with Gasteiger partial charge in [-0.1, -0.05) is 29.8 Å². The first-order valence-electron chi connectivity index (χ1n) is 6.01. The van der Waals surface area contributed by atoms with Crippen LogP contribution in [-0.2, 0) is 9.84 Å². The number of ketones is 1. The Hall–Kier alpha value is -1.65. The van der Waals surface area contributed by atoms with Gasteiger partial charge in [0, 0.05) is 10.6 Å². The number of carbonyl (C=O) groups is 1. The first kappa shape index (κ1) is 14.8. The predicted molar refractivity (Wildman–Crippen MR) is 78.9 cm³/mol. The molecule has 5 heteroatoms. The third kappa shape index (κ3) is 2.92. The number of halogens is 1. The summed E-state index contributed by atoms with van der Waals surface area (Å²) in [5.41, 5.74) is 0.335. The minimum absolute atomic E-state index is 0.148. The van der Waals surface area contributed by atoms with Gasteiger partial charge in [-0.25, -0.2) is 8.42 Å². The van der Waals surface area contributed by atoms with Crippen LogP contribution in [0.4, 0.5) is 0 Å². The van der Waals surface area contributed by atoms with Crippen molar-refractivity contribution in [3.63, 3.8) is 0 Å². The molecule has 0 aliphatic rings. The lowest BCUT2D eigenvalue weighted by atomic mass is 10.1. The zero-order valence-electron chi connectivity index (χ0n) is 10.8. The fourth-order valence-corrected chi connectivity index (χ4v) is 3.29. The highest BCUT2D eigenvalue weighted by molar-refractivity contribution is 7.92. The zero-order chi connectivity index (χ0) is 14.8. The smallest absolute Gasteiger partial charge is 0.188 e. The van der Waals surface area contributed by atoms with E-state index in [9.17, 15) is 13.2 Å². The van der Waals surface area contributed by atoms with Crippen LogP contribution in [0, 0.1) is 0 Å². The molecule has 2 rings (SSSR count). The second kappa shape index (κ2) is 5.77. The van der Waals surface area contributed by atoms with Crippen molar-refractivity contribution in [2.75, 3.05) is 0 Å². The maximum Gasteiger partial charge on any atom is 0.188 e. The molecule has 0 radical (unpaired) electrons. The van der Waals surface area contributed by atoms with E-state index < -0.39 is 20.9 Å². The van der Waals surface area contributed by atoms with Gasteiger partial charge in [0.1, 0.15) is 5.25 Å². The Balaban J connectivity index is 2.33. The summed E-state index contributed by atoms with van der Waals surface area (Å²) in [6.45, 7) is 1.40. The molecule has 0 spiro atoms. The Kier molecular flexibility index (Phi) is 4.26. The van der Waals surface area contributed by atoms with Crippen LogP contribution >= 0.6 is 11.6 Å². The van der Waals surface area contributed by atoms with Crippen LogP contribution in [0.2, 0.25) is 5.02 Å². The van der Waals surface area contributed by atoms with Crippen molar-refractivity contribution in [2.45, 2.75) is 17.1 Å². The molecule has 0 aliphatic heterocycles. The van der Waals surface area contributed by atoms with Gasteiger partial charge in [-0.3, -0.25) is 4.79 Å². The van der Waals surface area contributed by atoms with Gasteiger partial charge < -0.3 is 0 Å². The standard InChI is InChI=1S/C15H13ClO3S/c1-11(15(17)12-7-9-13(16)10-8-12)20(18,19)14-5-3-2-4-6-14/h2-11H,1H3. The van der Waals surface area contributed by atoms with E-state index in [4.69, 9.17) is 11.6 Å². The molecule has 20 heavy (non-hydrogen) atoms. The van der Waals surface area contributed by atoms with E-state index in [1.54, 1.807) is 30.3 Å². The van der Waals surface area contributed by atoms with Gasteiger partial charge in [0.2, 0.25) is 0 Å². The highest BCUT2D eigenvalue weighted by atomic mass is 35.5. The molecule has 0 bridgehead atoms. The number of benzene rings is 2. The average molecular weight is 309 g/mol. The SMILES string of the molecule is CC(C(=O)c1ccc(Cl)cc1)S(=O)(=O)c1ccccc1. The number of Topliss-reactive ketones (excluding diaryl/α,β-unsaturated/α-hetero) is 1. The molecular formula is C15H13ClO3S. The average Bonchev–Trinajstić information content (AvgIpc) is 2.47. The molecule has 0 amide bonds. The largest absolute Gasteiger partial charge is 0.293 e. The Bertz CT molecular complexity index is 707. The topological polar surface area (TPSA) is 51.2 Å². The van der Waals surface area contributed by atoms with Crippen LogP contribution in [-0.4, -0.2) is 19.5 Å². The van der Waals surface area contributed by atoms with E-state index in [0.29, 0.717) is 10.6 Å². The lowest BCUT2D eigenvalue weighted by Crippen LogP contribution is -2.27. The number of carbonyl (C=O) groups excluding carboxylic acids is 1. The molecule has 3 nitrogen and oxygen atoms in total. The van der Waals surface area contributed by atoms with Crippen LogP contribution in [0.3, 0.4) is 0 Å². The summed E-state index contributed by atoms with van der Waals surface area (Å²) in [6.07, 6.45) is 0. The molecule has 0 N–H and O–H groups in total. The molecule has 0 aliphatic carbocycles. The van der Waals surface area contributed by atoms with Gasteiger partial charge in [-0.05, 0) is 43.3 Å². The van der Waals surface area contributed by atoms with Crippen LogP contribution < -0.4 is 0 Å². The number of hydrogen-bond acceptors (Lipinski definition) is 3. The van der Waals surface area contributed by atoms with E-state index in [-0.39, 0.29) is 4.90 Å². The molecule has 0 saturated carbocycles. The molecule has 0 fully saturated rings. The fraction of sp³-hybridized carbons (Fsp3) is 0.133. The highest BCUT2D eigenvalue weighted by Crippen LogP contribution is 2.20. The summed E-state index contributed by atoms with van der Waals surface area (Å²) in [5.74, 6) is -0.439. The maximum absolute atomic E-state index is 12.4. The maximum atomic E-state index is 12.4. The van der Waals surface area contributed by atoms with Crippen LogP contribution in [0.15, 0.2) is 59.5 Å². The van der Waals surface area contributed by atoms with Gasteiger partial charge in [0.25, 0.3) is 0 Å². The van der Waals surface area contributed by atoms with Gasteiger partial charge in [-0.2, -0.15) is 0 Å². The molecule has 2 aromatic carbocycles. The van der Waals surface area contributed by atoms with Crippen molar-refractivity contribution >= 4 is 27.2 Å². The lowest BCUT2D eigenvalue weighted by molar-refractivity contribution is 0.0991. The Labute approximate surface area is 123 Å². The van der Waals surface area contributed by atoms with Gasteiger partial charge in [-0.15, -0.1) is 0 Å². The number of sulfone groups is 1. The zero-order valence-corrected chi connectivity index (χ0v) is 12.4. The van der Waals surface area contributed by atoms with Gasteiger partial charge >= 0.3 is 0 Å². The van der Waals surface area contributed by atoms with Gasteiger partial charge in [0.15, 0.2) is 15.6 Å². The molecule has 0 heterocycles. The Morgan fingerprint density at radius 1 is 1.00 bits per heavy atom. The third-order valence-corrected chi connectivity index (χ3v) is 5.36. The second-order valence-electron chi connectivity index (χ2n) is 4.37. The highest BCUT2D eigenvalue weighted by Gasteiger charge is 2.30. The molecule has 1 atom stereocenters. The molecule has 2 aromatic rings. The Morgan fingerprint density at radius 3 is 2.10 bits per heavy atom. The van der Waals surface area contributed by atoms with E-state index in [1.165, 1.54) is 31.2 Å². The van der Waals surface area contributed by atoms with Gasteiger partial charge in [0.05, 0.1) is 4.90 Å². The van der Waals surface area contributed by atoms with Crippen LogP contribution in [0.25, 0.3) is 0 Å². The van der Waals surface area contributed by atoms with E-state index in [2.05, 4.69) is 0 Å². The van der Waals surface area contributed by atoms with Crippen LogP contribution in [0.1, 0.15) is 17.3 Å². The number of hydrogen-bond donors (Lipinski definition) is 0. The molecule has 1 unspecified atom stereocenters. The summed E-state index contributed by atoms with van der Waals surface area (Å²) >= 11 is 5.75. The summed E-state index contributed by atoms with van der Waals surface area (Å²) in [5, 5.41) is -0.633. The predicted octanol–water partition coefficient (Wildman–Crippen LogP) is 3.39. The summed E-state index contributed by atoms with van der Waals surface area (Å²) in [6, 6.07) is 14.2. The summed E-state index contributed by atoms with van der Waals surface area (Å²) in [7, 11) is -3.68. The van der Waals surface area contributed by atoms with Crippen molar-refractivity contribution in [1.82, 2.24) is 0 Å². The molecule has 0 saturated heterocycles. The molecular weight excluding hydrogens is 296 g/mol. The fourth-order valence-electron chi connectivity index (χ4n) is 1.80. The lowest BCUT2D eigenvalue weighted by Gasteiger charge is -2.12. The van der Waals surface area contributed by atoms with Crippen molar-refractivity contribution in [1.29, 1.82) is 0 Å². The quantitative estimate of drug-likeness (QED) is 0.814. The molecule has 104 valence electrons. The van der Waals surface area contributed by atoms with Crippen molar-refractivity contribution < 1.29 is 13.2 Å². The van der Waals surface area contributed by atoms with Crippen molar-refractivity contribution in [3.8, 4) is 0 Å². The number of rotatable bonds is 4. The van der Waals surface area contributed by atoms with Crippen molar-refractivity contribution in [3.05, 3.63) is 65.2 Å². The third-order valence-electron chi connectivity index (χ3n) is 3.04. The monoisotopic (exact) mass is 308 g/mol. The van der Waals surface area contributed by atoms with E-state index in [0.717, 1.165) is 0 Å². The Morgan fingerprint density at radius 2 is 1.55 bits per heavy atom. The molecule has 0 aromatic heterocycles. The van der Waals surface area contributed by atoms with E-state index in [1.807, 2.05) is 0 Å². The normalized spacial score (nSPS) is 12.9. The summed E-state index contributed by atoms with van der Waals surface area (Å²) < 4.78 is 24.7. The first-order chi connectivity index (χ1) is 9.43. The van der Waals surface area contributed by atoms with Crippen molar-refractivity contribution in [2.24, 2.45) is 0 Å². The van der Waals surface area contributed by atoms with E-state index >= 15 is 0 Å². The minimum Gasteiger partial charge on any atom is -0.293 e. The minimum atomic E-state index is -3.68. The first-order valence-corrected chi connectivity index (χ1v) is 7.94. The summed E-state index contributed by atoms with van der Waals surface area (Å²) in [4.78, 5) is 12.4. The second-order valence-corrected chi connectivity index (χ2v) is 7.08.